The molecule has 2 saturated heterocycles. The number of amides is 1. The Morgan fingerprint density at radius 2 is 1.48 bits per heavy atom. The molecule has 232 valence electrons. The molecule has 0 aromatic heterocycles. The molecule has 0 spiro atoms. The highest BCUT2D eigenvalue weighted by Gasteiger charge is 2.38. The number of aliphatic carboxylic acids is 1. The number of carbonyl (C=O) groups excluding carboxylic acids is 1. The number of para-hydroxylation sites is 1. The van der Waals surface area contributed by atoms with Gasteiger partial charge in [-0.05, 0) is 30.7 Å². The van der Waals surface area contributed by atoms with Crippen LogP contribution in [0, 0.1) is 6.92 Å². The number of alkyl halides is 3. The highest BCUT2D eigenvalue weighted by molar-refractivity contribution is 7.89. The third-order valence-electron chi connectivity index (χ3n) is 7.17. The molecule has 0 unspecified atom stereocenters. The van der Waals surface area contributed by atoms with Crippen molar-refractivity contribution in [1.82, 2.24) is 19.4 Å². The van der Waals surface area contributed by atoms with Gasteiger partial charge in [-0.15, -0.1) is 0 Å². The van der Waals surface area contributed by atoms with Crippen LogP contribution in [0.5, 0.6) is 0 Å². The van der Waals surface area contributed by atoms with Crippen LogP contribution in [0.1, 0.15) is 15.9 Å². The zero-order valence-electron chi connectivity index (χ0n) is 23.6. The molecule has 2 aliphatic heterocycles. The molecule has 0 atom stereocenters. The number of hydrogen-bond acceptors (Lipinski definition) is 7. The van der Waals surface area contributed by atoms with Crippen molar-refractivity contribution in [2.24, 2.45) is 0 Å². The number of piperazine rings is 2. The molecule has 4 rings (SSSR count). The minimum atomic E-state index is -5.08. The summed E-state index contributed by atoms with van der Waals surface area (Å²) in [7, 11) is -3.41. The number of carboxylic acids is 1. The first kappa shape index (κ1) is 33.3. The van der Waals surface area contributed by atoms with E-state index in [-0.39, 0.29) is 18.2 Å². The molecular weight excluding hydrogens is 575 g/mol. The van der Waals surface area contributed by atoms with Gasteiger partial charge in [0.25, 0.3) is 5.91 Å². The number of benzene rings is 2. The summed E-state index contributed by atoms with van der Waals surface area (Å²) in [5.41, 5.74) is 2.78. The Morgan fingerprint density at radius 1 is 0.905 bits per heavy atom. The summed E-state index contributed by atoms with van der Waals surface area (Å²) in [6, 6.07) is 17.9. The van der Waals surface area contributed by atoms with E-state index in [0.717, 1.165) is 38.3 Å². The van der Waals surface area contributed by atoms with Crippen LogP contribution >= 0.6 is 0 Å². The number of carboxylic acid groups (broad SMARTS) is 1. The summed E-state index contributed by atoms with van der Waals surface area (Å²) in [5.74, 6) is -2.90. The molecule has 14 heteroatoms. The molecule has 0 bridgehead atoms. The highest BCUT2D eigenvalue weighted by atomic mass is 32.2. The maximum absolute atomic E-state index is 13.4. The average molecular weight is 614 g/mol. The van der Waals surface area contributed by atoms with E-state index in [1.54, 1.807) is 9.21 Å². The van der Waals surface area contributed by atoms with E-state index in [2.05, 4.69) is 39.4 Å². The first-order valence-corrected chi connectivity index (χ1v) is 15.4. The third kappa shape index (κ3) is 9.96. The summed E-state index contributed by atoms with van der Waals surface area (Å²) >= 11 is 0. The second-order valence-corrected chi connectivity index (χ2v) is 12.1. The molecule has 2 fully saturated rings. The fourth-order valence-electron chi connectivity index (χ4n) is 4.71. The minimum Gasteiger partial charge on any atom is -0.475 e. The van der Waals surface area contributed by atoms with Gasteiger partial charge >= 0.3 is 12.1 Å². The third-order valence-corrected chi connectivity index (χ3v) is 9.02. The van der Waals surface area contributed by atoms with Crippen molar-refractivity contribution in [3.8, 4) is 0 Å². The molecule has 2 aromatic carbocycles. The van der Waals surface area contributed by atoms with Crippen molar-refractivity contribution in [2.75, 3.05) is 82.6 Å². The van der Waals surface area contributed by atoms with Crippen LogP contribution in [0.4, 0.5) is 18.9 Å². The Labute approximate surface area is 244 Å². The zero-order valence-corrected chi connectivity index (χ0v) is 24.4. The molecule has 2 heterocycles. The number of hydrogen-bond donors (Lipinski definition) is 2. The van der Waals surface area contributed by atoms with Gasteiger partial charge < -0.3 is 20.2 Å². The van der Waals surface area contributed by atoms with Gasteiger partial charge in [0.15, 0.2) is 0 Å². The summed E-state index contributed by atoms with van der Waals surface area (Å²) in [6.45, 7) is 9.37. The maximum atomic E-state index is 13.4. The number of nitrogens with zero attached hydrogens (tertiary/aromatic N) is 4. The van der Waals surface area contributed by atoms with E-state index < -0.39 is 22.2 Å². The topological polar surface area (TPSA) is 114 Å². The van der Waals surface area contributed by atoms with Gasteiger partial charge in [0.1, 0.15) is 0 Å². The number of aryl methyl sites for hydroxylation is 1. The zero-order chi connectivity index (χ0) is 30.8. The van der Waals surface area contributed by atoms with Crippen molar-refractivity contribution in [2.45, 2.75) is 13.1 Å². The summed E-state index contributed by atoms with van der Waals surface area (Å²) in [6.07, 6.45) is -5.08. The Balaban J connectivity index is 0.000000616. The van der Waals surface area contributed by atoms with Crippen molar-refractivity contribution in [1.29, 1.82) is 0 Å². The van der Waals surface area contributed by atoms with Gasteiger partial charge in [-0.2, -0.15) is 17.5 Å². The van der Waals surface area contributed by atoms with Crippen LogP contribution in [0.2, 0.25) is 0 Å². The van der Waals surface area contributed by atoms with Gasteiger partial charge in [0, 0.05) is 83.2 Å². The van der Waals surface area contributed by atoms with Crippen LogP contribution in [-0.4, -0.2) is 123 Å². The quantitative estimate of drug-likeness (QED) is 0.443. The van der Waals surface area contributed by atoms with Crippen LogP contribution < -0.4 is 10.2 Å². The van der Waals surface area contributed by atoms with E-state index in [1.807, 2.05) is 37.3 Å². The minimum absolute atomic E-state index is 0.0492. The van der Waals surface area contributed by atoms with Crippen LogP contribution in [-0.2, 0) is 14.8 Å². The first-order valence-electron chi connectivity index (χ1n) is 13.7. The smallest absolute Gasteiger partial charge is 0.475 e. The van der Waals surface area contributed by atoms with Crippen molar-refractivity contribution in [3.05, 3.63) is 65.7 Å². The molecule has 2 aliphatic rings. The summed E-state index contributed by atoms with van der Waals surface area (Å²) in [4.78, 5) is 28.8. The molecule has 2 aromatic rings. The van der Waals surface area contributed by atoms with E-state index in [0.29, 0.717) is 38.3 Å². The predicted octanol–water partition coefficient (Wildman–Crippen LogP) is 2.13. The number of carbonyl (C=O) groups is 2. The van der Waals surface area contributed by atoms with Gasteiger partial charge in [-0.3, -0.25) is 9.69 Å². The van der Waals surface area contributed by atoms with Crippen molar-refractivity contribution in [3.63, 3.8) is 0 Å². The van der Waals surface area contributed by atoms with Crippen molar-refractivity contribution >= 4 is 27.6 Å². The van der Waals surface area contributed by atoms with Crippen LogP contribution in [0.15, 0.2) is 54.6 Å². The molecule has 0 radical (unpaired) electrons. The Bertz CT molecular complexity index is 1270. The van der Waals surface area contributed by atoms with Crippen LogP contribution in [0.25, 0.3) is 0 Å². The molecule has 42 heavy (non-hydrogen) atoms. The molecule has 2 N–H and O–H groups in total. The number of anilines is 1. The molecule has 1 amide bonds. The number of halogens is 3. The first-order chi connectivity index (χ1) is 19.9. The van der Waals surface area contributed by atoms with Gasteiger partial charge in [0.2, 0.25) is 10.0 Å². The number of nitrogens with one attached hydrogen (secondary N) is 1. The monoisotopic (exact) mass is 613 g/mol. The highest BCUT2D eigenvalue weighted by Crippen LogP contribution is 2.17. The standard InChI is InChI=1S/C26H37N5O3S.C2HF3O2/c1-23-7-5-6-10-25(23)26(32)30(21-22-35(33,34)31-13-11-27-12-14-31)20-17-28-15-18-29(19-16-28)24-8-3-2-4-9-24;3-2(4,5)1(6)7/h2-10,27H,11-22H2,1H3;(H,6,7). The Hall–Kier alpha value is -3.20. The largest absolute Gasteiger partial charge is 0.490 e. The SMILES string of the molecule is Cc1ccccc1C(=O)N(CCN1CCN(c2ccccc2)CC1)CCS(=O)(=O)N1CCNCC1.O=C(O)C(F)(F)F. The second kappa shape index (κ2) is 15.3. The fraction of sp³-hybridized carbons (Fsp3) is 0.500. The molecular formula is C28H38F3N5O5S. The van der Waals surface area contributed by atoms with E-state index in [9.17, 15) is 26.4 Å². The van der Waals surface area contributed by atoms with Crippen molar-refractivity contribution < 1.29 is 36.3 Å². The lowest BCUT2D eigenvalue weighted by molar-refractivity contribution is -0.192. The van der Waals surface area contributed by atoms with Gasteiger partial charge in [-0.1, -0.05) is 36.4 Å². The van der Waals surface area contributed by atoms with Gasteiger partial charge in [-0.25, -0.2) is 13.2 Å². The predicted molar refractivity (Wildman–Crippen MR) is 154 cm³/mol. The lowest BCUT2D eigenvalue weighted by Crippen LogP contribution is -2.50. The average Bonchev–Trinajstić information content (AvgIpc) is 2.98. The van der Waals surface area contributed by atoms with E-state index >= 15 is 0 Å². The molecule has 0 saturated carbocycles. The lowest BCUT2D eigenvalue weighted by Gasteiger charge is -2.37. The van der Waals surface area contributed by atoms with E-state index in [1.165, 1.54) is 5.69 Å². The van der Waals surface area contributed by atoms with Crippen LogP contribution in [0.3, 0.4) is 0 Å². The fourth-order valence-corrected chi connectivity index (χ4v) is 6.15. The summed E-state index contributed by atoms with van der Waals surface area (Å²) < 4.78 is 59.2. The van der Waals surface area contributed by atoms with Gasteiger partial charge in [0.05, 0.1) is 5.75 Å². The number of sulfonamides is 1. The molecule has 0 aliphatic carbocycles. The second-order valence-electron chi connectivity index (χ2n) is 10.0. The van der Waals surface area contributed by atoms with E-state index in [4.69, 9.17) is 9.90 Å². The Morgan fingerprint density at radius 3 is 2.05 bits per heavy atom. The number of rotatable bonds is 9. The lowest BCUT2D eigenvalue weighted by atomic mass is 10.1. The maximum Gasteiger partial charge on any atom is 0.490 e. The molecule has 10 nitrogen and oxygen atoms in total. The normalized spacial score (nSPS) is 16.8. The Kier molecular flexibility index (Phi) is 12.2. The summed E-state index contributed by atoms with van der Waals surface area (Å²) in [5, 5.41) is 10.3.